The van der Waals surface area contributed by atoms with Crippen LogP contribution in [-0.4, -0.2) is 89.3 Å². The number of piperazine rings is 1. The molecule has 8 heteroatoms. The van der Waals surface area contributed by atoms with Gasteiger partial charge in [0.25, 0.3) is 0 Å². The van der Waals surface area contributed by atoms with Crippen molar-refractivity contribution in [3.8, 4) is 0 Å². The first-order valence-corrected chi connectivity index (χ1v) is 9.23. The number of morpholine rings is 1. The molecule has 2 fully saturated rings. The lowest BCUT2D eigenvalue weighted by molar-refractivity contribution is -0.133. The average Bonchev–Trinajstić information content (AvgIpc) is 3.05. The van der Waals surface area contributed by atoms with Crippen molar-refractivity contribution >= 4 is 5.91 Å². The molecular weight excluding hydrogens is 322 g/mol. The Morgan fingerprint density at radius 2 is 1.88 bits per heavy atom. The second-order valence-electron chi connectivity index (χ2n) is 6.92. The Morgan fingerprint density at radius 1 is 1.16 bits per heavy atom. The first-order valence-electron chi connectivity index (χ1n) is 9.23. The van der Waals surface area contributed by atoms with Crippen molar-refractivity contribution in [2.24, 2.45) is 0 Å². The van der Waals surface area contributed by atoms with Gasteiger partial charge in [-0.3, -0.25) is 14.6 Å². The molecule has 2 saturated heterocycles. The molecule has 1 unspecified atom stereocenters. The van der Waals surface area contributed by atoms with Gasteiger partial charge in [-0.1, -0.05) is 5.16 Å². The molecule has 0 bridgehead atoms. The van der Waals surface area contributed by atoms with Crippen molar-refractivity contribution in [3.05, 3.63) is 11.7 Å². The number of hydrogen-bond donors (Lipinski definition) is 0. The van der Waals surface area contributed by atoms with Crippen molar-refractivity contribution in [3.63, 3.8) is 0 Å². The van der Waals surface area contributed by atoms with Crippen LogP contribution in [0, 0.1) is 6.92 Å². The third-order valence-corrected chi connectivity index (χ3v) is 5.10. The molecule has 3 heterocycles. The maximum Gasteiger partial charge on any atom is 0.223 e. The molecule has 0 aliphatic carbocycles. The Bertz CT molecular complexity index is 550. The van der Waals surface area contributed by atoms with E-state index in [1.807, 2.05) is 4.90 Å². The van der Waals surface area contributed by atoms with Crippen LogP contribution in [0.5, 0.6) is 0 Å². The highest BCUT2D eigenvalue weighted by Crippen LogP contribution is 2.12. The predicted molar refractivity (Wildman–Crippen MR) is 92.0 cm³/mol. The van der Waals surface area contributed by atoms with Gasteiger partial charge in [-0.2, -0.15) is 4.98 Å². The molecule has 25 heavy (non-hydrogen) atoms. The standard InChI is InChI=1S/C17H29N5O3/c1-14(21-9-11-24-12-10-21)3-4-17(23)22-7-5-20(6-8-22)13-16-18-15(2)25-19-16/h14H,3-13H2,1-2H3. The van der Waals surface area contributed by atoms with Crippen LogP contribution in [0.1, 0.15) is 31.5 Å². The Balaban J connectivity index is 1.36. The Kier molecular flexibility index (Phi) is 6.39. The van der Waals surface area contributed by atoms with Gasteiger partial charge in [0.15, 0.2) is 5.82 Å². The molecule has 0 aromatic carbocycles. The fourth-order valence-corrected chi connectivity index (χ4v) is 3.45. The molecule has 3 rings (SSSR count). The van der Waals surface area contributed by atoms with E-state index in [4.69, 9.17) is 9.26 Å². The summed E-state index contributed by atoms with van der Waals surface area (Å²) in [5.74, 6) is 1.59. The number of carbonyl (C=O) groups is 1. The number of rotatable bonds is 6. The molecule has 0 saturated carbocycles. The molecule has 1 aromatic rings. The van der Waals surface area contributed by atoms with E-state index in [9.17, 15) is 4.79 Å². The van der Waals surface area contributed by atoms with Crippen molar-refractivity contribution in [2.45, 2.75) is 39.3 Å². The number of aromatic nitrogens is 2. The summed E-state index contributed by atoms with van der Waals surface area (Å²) in [6.07, 6.45) is 1.55. The molecule has 0 radical (unpaired) electrons. The number of ether oxygens (including phenoxy) is 1. The minimum atomic E-state index is 0.273. The van der Waals surface area contributed by atoms with Crippen molar-refractivity contribution < 1.29 is 14.1 Å². The third-order valence-electron chi connectivity index (χ3n) is 5.10. The summed E-state index contributed by atoms with van der Waals surface area (Å²) in [5.41, 5.74) is 0. The third kappa shape index (κ3) is 5.23. The molecule has 2 aliphatic heterocycles. The molecular formula is C17H29N5O3. The second kappa shape index (κ2) is 8.73. The van der Waals surface area contributed by atoms with Crippen LogP contribution in [0.2, 0.25) is 0 Å². The van der Waals surface area contributed by atoms with Crippen LogP contribution in [0.25, 0.3) is 0 Å². The fraction of sp³-hybridized carbons (Fsp3) is 0.824. The van der Waals surface area contributed by atoms with Crippen molar-refractivity contribution in [2.75, 3.05) is 52.5 Å². The van der Waals surface area contributed by atoms with E-state index >= 15 is 0 Å². The van der Waals surface area contributed by atoms with E-state index < -0.39 is 0 Å². The maximum absolute atomic E-state index is 12.5. The lowest BCUT2D eigenvalue weighted by Gasteiger charge is -2.35. The number of carbonyl (C=O) groups excluding carboxylic acids is 1. The summed E-state index contributed by atoms with van der Waals surface area (Å²) >= 11 is 0. The minimum absolute atomic E-state index is 0.273. The topological polar surface area (TPSA) is 74.9 Å². The maximum atomic E-state index is 12.5. The second-order valence-corrected chi connectivity index (χ2v) is 6.92. The summed E-state index contributed by atoms with van der Waals surface area (Å²) in [4.78, 5) is 23.4. The van der Waals surface area contributed by atoms with Gasteiger partial charge in [-0.15, -0.1) is 0 Å². The summed E-state index contributed by atoms with van der Waals surface area (Å²) < 4.78 is 10.4. The minimum Gasteiger partial charge on any atom is -0.379 e. The molecule has 0 spiro atoms. The number of aryl methyl sites for hydroxylation is 1. The number of amides is 1. The molecule has 2 aliphatic rings. The molecule has 1 amide bonds. The molecule has 8 nitrogen and oxygen atoms in total. The highest BCUT2D eigenvalue weighted by molar-refractivity contribution is 5.76. The van der Waals surface area contributed by atoms with E-state index in [0.29, 0.717) is 24.9 Å². The molecule has 140 valence electrons. The van der Waals surface area contributed by atoms with E-state index in [1.165, 1.54) is 0 Å². The van der Waals surface area contributed by atoms with E-state index in [1.54, 1.807) is 6.92 Å². The van der Waals surface area contributed by atoms with Crippen molar-refractivity contribution in [1.29, 1.82) is 0 Å². The van der Waals surface area contributed by atoms with Gasteiger partial charge in [0.05, 0.1) is 19.8 Å². The Labute approximate surface area is 149 Å². The van der Waals surface area contributed by atoms with Crippen LogP contribution in [0.15, 0.2) is 4.52 Å². The monoisotopic (exact) mass is 351 g/mol. The highest BCUT2D eigenvalue weighted by Gasteiger charge is 2.23. The Morgan fingerprint density at radius 3 is 2.52 bits per heavy atom. The molecule has 1 aromatic heterocycles. The zero-order valence-corrected chi connectivity index (χ0v) is 15.3. The van der Waals surface area contributed by atoms with Gasteiger partial charge in [0, 0.05) is 58.7 Å². The van der Waals surface area contributed by atoms with Gasteiger partial charge in [0.2, 0.25) is 11.8 Å². The lowest BCUT2D eigenvalue weighted by atomic mass is 10.1. The van der Waals surface area contributed by atoms with E-state index in [-0.39, 0.29) is 5.91 Å². The van der Waals surface area contributed by atoms with Crippen molar-refractivity contribution in [1.82, 2.24) is 24.8 Å². The van der Waals surface area contributed by atoms with Gasteiger partial charge < -0.3 is 14.2 Å². The van der Waals surface area contributed by atoms with Gasteiger partial charge in [-0.25, -0.2) is 0 Å². The van der Waals surface area contributed by atoms with Crippen LogP contribution >= 0.6 is 0 Å². The fourth-order valence-electron chi connectivity index (χ4n) is 3.45. The zero-order chi connectivity index (χ0) is 17.6. The van der Waals surface area contributed by atoms with Crippen LogP contribution in [-0.2, 0) is 16.1 Å². The average molecular weight is 351 g/mol. The quantitative estimate of drug-likeness (QED) is 0.740. The summed E-state index contributed by atoms with van der Waals surface area (Å²) in [6.45, 7) is 11.5. The van der Waals surface area contributed by atoms with Gasteiger partial charge in [-0.05, 0) is 13.3 Å². The first kappa shape index (κ1) is 18.3. The largest absolute Gasteiger partial charge is 0.379 e. The van der Waals surface area contributed by atoms with E-state index in [2.05, 4.69) is 26.9 Å². The number of hydrogen-bond acceptors (Lipinski definition) is 7. The van der Waals surface area contributed by atoms with Gasteiger partial charge >= 0.3 is 0 Å². The summed E-state index contributed by atoms with van der Waals surface area (Å²) in [7, 11) is 0. The first-order chi connectivity index (χ1) is 12.1. The Hall–Kier alpha value is -1.51. The SMILES string of the molecule is Cc1nc(CN2CCN(C(=O)CCC(C)N3CCOCC3)CC2)no1. The highest BCUT2D eigenvalue weighted by atomic mass is 16.5. The summed E-state index contributed by atoms with van der Waals surface area (Å²) in [6, 6.07) is 0.440. The van der Waals surface area contributed by atoms with Crippen LogP contribution in [0.4, 0.5) is 0 Å². The van der Waals surface area contributed by atoms with Gasteiger partial charge in [0.1, 0.15) is 0 Å². The normalized spacial score (nSPS) is 21.4. The number of nitrogens with zero attached hydrogens (tertiary/aromatic N) is 5. The van der Waals surface area contributed by atoms with Crippen LogP contribution in [0.3, 0.4) is 0 Å². The lowest BCUT2D eigenvalue weighted by Crippen LogP contribution is -2.48. The summed E-state index contributed by atoms with van der Waals surface area (Å²) in [5, 5.41) is 3.94. The van der Waals surface area contributed by atoms with E-state index in [0.717, 1.165) is 64.7 Å². The smallest absolute Gasteiger partial charge is 0.223 e. The zero-order valence-electron chi connectivity index (χ0n) is 15.3. The predicted octanol–water partition coefficient (Wildman–Crippen LogP) is 0.523. The van der Waals surface area contributed by atoms with Crippen LogP contribution < -0.4 is 0 Å². The molecule has 1 atom stereocenters. The molecule has 0 N–H and O–H groups in total.